The Balaban J connectivity index is 1.56. The quantitative estimate of drug-likeness (QED) is 0.307. The van der Waals surface area contributed by atoms with Gasteiger partial charge < -0.3 is 33.5 Å². The lowest BCUT2D eigenvalue weighted by atomic mass is 9.93. The Hall–Kier alpha value is -4.62. The fourth-order valence-electron chi connectivity index (χ4n) is 5.71. The van der Waals surface area contributed by atoms with Gasteiger partial charge in [0.05, 0.1) is 50.3 Å². The number of nitrogens with zero attached hydrogens (tertiary/aromatic N) is 4. The Labute approximate surface area is 277 Å². The summed E-state index contributed by atoms with van der Waals surface area (Å²) < 4.78 is 29.9. The predicted molar refractivity (Wildman–Crippen MR) is 177 cm³/mol. The van der Waals surface area contributed by atoms with Crippen molar-refractivity contribution >= 4 is 29.2 Å². The van der Waals surface area contributed by atoms with Crippen LogP contribution >= 0.6 is 11.3 Å². The van der Waals surface area contributed by atoms with Crippen LogP contribution in [0.4, 0.5) is 0 Å². The summed E-state index contributed by atoms with van der Waals surface area (Å²) in [5, 5.41) is 0. The molecule has 0 bridgehead atoms. The van der Waals surface area contributed by atoms with Gasteiger partial charge in [-0.05, 0) is 62.7 Å². The van der Waals surface area contributed by atoms with Crippen LogP contribution in [0.15, 0.2) is 57.5 Å². The molecular formula is C34H40N4O8S. The molecule has 0 saturated carbocycles. The minimum atomic E-state index is -0.805. The number of rotatable bonds is 11. The van der Waals surface area contributed by atoms with Crippen molar-refractivity contribution in [1.29, 1.82) is 0 Å². The van der Waals surface area contributed by atoms with Crippen LogP contribution in [0.3, 0.4) is 0 Å². The van der Waals surface area contributed by atoms with E-state index in [1.807, 2.05) is 13.8 Å². The number of morpholine rings is 1. The van der Waals surface area contributed by atoms with Crippen LogP contribution < -0.4 is 33.8 Å². The van der Waals surface area contributed by atoms with Crippen molar-refractivity contribution in [3.63, 3.8) is 0 Å². The number of carbonyl (C=O) groups excluding carboxylic acids is 2. The van der Waals surface area contributed by atoms with Crippen LogP contribution in [0.1, 0.15) is 37.9 Å². The second kappa shape index (κ2) is 14.9. The Bertz CT molecular complexity index is 1850. The first kappa shape index (κ1) is 33.7. The maximum absolute atomic E-state index is 14.2. The van der Waals surface area contributed by atoms with E-state index in [0.29, 0.717) is 94.1 Å². The molecule has 3 heterocycles. The molecule has 0 spiro atoms. The van der Waals surface area contributed by atoms with Gasteiger partial charge in [-0.2, -0.15) is 0 Å². The van der Waals surface area contributed by atoms with Crippen molar-refractivity contribution in [3.8, 4) is 23.0 Å². The van der Waals surface area contributed by atoms with Crippen molar-refractivity contribution in [2.75, 3.05) is 67.3 Å². The molecule has 1 aromatic heterocycles. The van der Waals surface area contributed by atoms with Gasteiger partial charge in [0.15, 0.2) is 22.9 Å². The molecule has 2 aliphatic rings. The van der Waals surface area contributed by atoms with E-state index in [2.05, 4.69) is 0 Å². The molecule has 0 radical (unpaired) electrons. The number of ether oxygens (including phenoxy) is 5. The lowest BCUT2D eigenvalue weighted by Crippen LogP contribution is -2.43. The maximum atomic E-state index is 14.2. The zero-order valence-corrected chi connectivity index (χ0v) is 28.3. The lowest BCUT2D eigenvalue weighted by Gasteiger charge is -2.30. The van der Waals surface area contributed by atoms with Gasteiger partial charge in [0.25, 0.3) is 17.4 Å². The van der Waals surface area contributed by atoms with Crippen LogP contribution in [0.5, 0.6) is 23.0 Å². The number of likely N-dealkylation sites (N-methyl/N-ethyl adjacent to an activating group) is 1. The highest BCUT2D eigenvalue weighted by molar-refractivity contribution is 7.07. The van der Waals surface area contributed by atoms with Crippen molar-refractivity contribution in [2.45, 2.75) is 26.8 Å². The number of benzene rings is 2. The Morgan fingerprint density at radius 3 is 2.36 bits per heavy atom. The van der Waals surface area contributed by atoms with Crippen molar-refractivity contribution < 1.29 is 33.3 Å². The average molecular weight is 665 g/mol. The van der Waals surface area contributed by atoms with E-state index in [9.17, 15) is 14.4 Å². The van der Waals surface area contributed by atoms with Gasteiger partial charge in [-0.1, -0.05) is 17.4 Å². The molecule has 1 saturated heterocycles. The van der Waals surface area contributed by atoms with Crippen molar-refractivity contribution in [1.82, 2.24) is 14.4 Å². The second-order valence-electron chi connectivity index (χ2n) is 10.9. The summed E-state index contributed by atoms with van der Waals surface area (Å²) in [5.74, 6) is 1.58. The van der Waals surface area contributed by atoms with Crippen LogP contribution in [0.2, 0.25) is 0 Å². The molecule has 2 aliphatic heterocycles. The van der Waals surface area contributed by atoms with Gasteiger partial charge in [-0.25, -0.2) is 4.99 Å². The summed E-state index contributed by atoms with van der Waals surface area (Å²) in [6.45, 7) is 8.59. The standard InChI is InChI=1S/C34H40N4O8S/c1-7-36(8-2)33(41)30-21(3)35-34-38(31(30)24-19-23(42-4)10-12-25(24)43-5)32(40)28(47-34)18-22-9-11-26(27(17-22)44-6)46-20-29(39)37-13-15-45-16-14-37/h9-12,17-19,31H,7-8,13-16,20H2,1-6H3/b28-18-/t31-/m0/s1. The molecule has 2 aromatic carbocycles. The van der Waals surface area contributed by atoms with E-state index in [4.69, 9.17) is 28.7 Å². The number of allylic oxidation sites excluding steroid dienone is 1. The molecule has 0 aliphatic carbocycles. The Morgan fingerprint density at radius 2 is 1.70 bits per heavy atom. The Morgan fingerprint density at radius 1 is 1.00 bits per heavy atom. The monoisotopic (exact) mass is 664 g/mol. The topological polar surface area (TPSA) is 121 Å². The summed E-state index contributed by atoms with van der Waals surface area (Å²) >= 11 is 1.23. The van der Waals surface area contributed by atoms with E-state index in [-0.39, 0.29) is 24.0 Å². The summed E-state index contributed by atoms with van der Waals surface area (Å²) in [7, 11) is 4.63. The first-order valence-corrected chi connectivity index (χ1v) is 16.3. The van der Waals surface area contributed by atoms with Gasteiger partial charge in [-0.15, -0.1) is 0 Å². The number of carbonyl (C=O) groups is 2. The third-order valence-corrected chi connectivity index (χ3v) is 9.22. The minimum Gasteiger partial charge on any atom is -0.497 e. The third-order valence-electron chi connectivity index (χ3n) is 8.23. The van der Waals surface area contributed by atoms with Gasteiger partial charge in [-0.3, -0.25) is 19.0 Å². The van der Waals surface area contributed by atoms with Crippen LogP contribution in [-0.2, 0) is 14.3 Å². The highest BCUT2D eigenvalue weighted by Crippen LogP contribution is 2.38. The summed E-state index contributed by atoms with van der Waals surface area (Å²) in [6.07, 6.45) is 1.75. The van der Waals surface area contributed by atoms with Gasteiger partial charge in [0.2, 0.25) is 0 Å². The zero-order valence-electron chi connectivity index (χ0n) is 27.5. The molecular weight excluding hydrogens is 624 g/mol. The highest BCUT2D eigenvalue weighted by Gasteiger charge is 2.36. The average Bonchev–Trinajstić information content (AvgIpc) is 3.40. The molecule has 0 unspecified atom stereocenters. The number of fused-ring (bicyclic) bond motifs is 1. The number of aromatic nitrogens is 1. The molecule has 250 valence electrons. The number of amides is 2. The minimum absolute atomic E-state index is 0.128. The smallest absolute Gasteiger partial charge is 0.271 e. The summed E-state index contributed by atoms with van der Waals surface area (Å²) in [5.41, 5.74) is 1.91. The molecule has 5 rings (SSSR count). The normalized spacial score (nSPS) is 16.3. The number of hydrogen-bond donors (Lipinski definition) is 0. The molecule has 1 fully saturated rings. The molecule has 13 heteroatoms. The van der Waals surface area contributed by atoms with E-state index >= 15 is 0 Å². The fraction of sp³-hybridized carbons (Fsp3) is 0.412. The van der Waals surface area contributed by atoms with Crippen LogP contribution in [-0.4, -0.2) is 93.5 Å². The largest absolute Gasteiger partial charge is 0.497 e. The third kappa shape index (κ3) is 6.91. The lowest BCUT2D eigenvalue weighted by molar-refractivity contribution is -0.137. The van der Waals surface area contributed by atoms with E-state index in [1.165, 1.54) is 18.4 Å². The maximum Gasteiger partial charge on any atom is 0.271 e. The zero-order chi connectivity index (χ0) is 33.7. The Kier molecular flexibility index (Phi) is 10.7. The number of hydrogen-bond acceptors (Lipinski definition) is 10. The van der Waals surface area contributed by atoms with Gasteiger partial charge >= 0.3 is 0 Å². The fourth-order valence-corrected chi connectivity index (χ4v) is 6.76. The van der Waals surface area contributed by atoms with Crippen molar-refractivity contribution in [2.24, 2.45) is 4.99 Å². The van der Waals surface area contributed by atoms with Crippen LogP contribution in [0, 0.1) is 0 Å². The van der Waals surface area contributed by atoms with Gasteiger partial charge in [0.1, 0.15) is 17.5 Å². The number of thiazole rings is 1. The SMILES string of the molecule is CCN(CC)C(=O)C1=C(C)N=c2s/c(=C\c3ccc(OCC(=O)N4CCOCC4)c(OC)c3)c(=O)n2[C@H]1c1cc(OC)ccc1OC. The predicted octanol–water partition coefficient (Wildman–Crippen LogP) is 2.37. The molecule has 12 nitrogen and oxygen atoms in total. The number of methoxy groups -OCH3 is 3. The molecule has 0 N–H and O–H groups in total. The molecule has 47 heavy (non-hydrogen) atoms. The van der Waals surface area contributed by atoms with E-state index in [1.54, 1.807) is 78.0 Å². The van der Waals surface area contributed by atoms with Gasteiger partial charge in [0, 0.05) is 31.7 Å². The molecule has 3 aromatic rings. The molecule has 2 amide bonds. The van der Waals surface area contributed by atoms with E-state index < -0.39 is 6.04 Å². The first-order chi connectivity index (χ1) is 22.7. The van der Waals surface area contributed by atoms with Crippen molar-refractivity contribution in [3.05, 3.63) is 78.5 Å². The van der Waals surface area contributed by atoms with E-state index in [0.717, 1.165) is 0 Å². The summed E-state index contributed by atoms with van der Waals surface area (Å²) in [4.78, 5) is 49.4. The molecule has 1 atom stereocenters. The van der Waals surface area contributed by atoms with Crippen LogP contribution in [0.25, 0.3) is 6.08 Å². The second-order valence-corrected chi connectivity index (χ2v) is 11.9. The summed E-state index contributed by atoms with van der Waals surface area (Å²) in [6, 6.07) is 9.78. The highest BCUT2D eigenvalue weighted by atomic mass is 32.1. The first-order valence-electron chi connectivity index (χ1n) is 15.4.